The van der Waals surface area contributed by atoms with E-state index in [9.17, 15) is 4.79 Å². The molecular weight excluding hydrogens is 271 g/mol. The Labute approximate surface area is 119 Å². The minimum absolute atomic E-state index is 0. The van der Waals surface area contributed by atoms with Gasteiger partial charge in [0.05, 0.1) is 0 Å². The van der Waals surface area contributed by atoms with Crippen LogP contribution in [0.15, 0.2) is 18.2 Å². The lowest BCUT2D eigenvalue weighted by Gasteiger charge is -2.23. The average molecular weight is 289 g/mol. The third kappa shape index (κ3) is 4.16. The van der Waals surface area contributed by atoms with Crippen LogP contribution >= 0.6 is 24.0 Å². The fourth-order valence-electron chi connectivity index (χ4n) is 2.11. The summed E-state index contributed by atoms with van der Waals surface area (Å²) in [7, 11) is 0. The molecule has 18 heavy (non-hydrogen) atoms. The molecule has 1 amide bonds. The van der Waals surface area contributed by atoms with Gasteiger partial charge in [-0.3, -0.25) is 4.79 Å². The van der Waals surface area contributed by atoms with E-state index in [1.807, 2.05) is 19.1 Å². The van der Waals surface area contributed by atoms with Crippen LogP contribution in [0.5, 0.6) is 0 Å². The number of carbonyl (C=O) groups excluding carboxylic acids is 1. The van der Waals surface area contributed by atoms with E-state index in [2.05, 4.69) is 10.6 Å². The molecule has 1 aliphatic heterocycles. The normalized spacial score (nSPS) is 18.9. The Hall–Kier alpha value is -0.770. The lowest BCUT2D eigenvalue weighted by molar-refractivity contribution is 0.0930. The Bertz CT molecular complexity index is 397. The molecule has 1 aliphatic rings. The van der Waals surface area contributed by atoms with Gasteiger partial charge in [0.15, 0.2) is 0 Å². The summed E-state index contributed by atoms with van der Waals surface area (Å²) in [4.78, 5) is 12.0. The molecule has 100 valence electrons. The zero-order valence-electron chi connectivity index (χ0n) is 10.3. The number of aryl methyl sites for hydroxylation is 1. The third-order valence-corrected chi connectivity index (χ3v) is 3.15. The predicted octanol–water partition coefficient (Wildman–Crippen LogP) is 2.55. The van der Waals surface area contributed by atoms with Crippen molar-refractivity contribution in [1.82, 2.24) is 10.6 Å². The zero-order valence-corrected chi connectivity index (χ0v) is 11.9. The van der Waals surface area contributed by atoms with Crippen LogP contribution in [-0.4, -0.2) is 25.0 Å². The van der Waals surface area contributed by atoms with Crippen molar-refractivity contribution >= 4 is 29.9 Å². The highest BCUT2D eigenvalue weighted by Crippen LogP contribution is 2.15. The maximum Gasteiger partial charge on any atom is 0.251 e. The standard InChI is InChI=1S/C13H17ClN2O.ClH/c1-9-5-10(7-11(14)6-9)13(17)16-12-3-2-4-15-8-12;/h5-7,12,15H,2-4,8H2,1H3,(H,16,17);1H/t12-;/m1./s1. The van der Waals surface area contributed by atoms with Crippen molar-refractivity contribution in [3.8, 4) is 0 Å². The fourth-order valence-corrected chi connectivity index (χ4v) is 2.40. The van der Waals surface area contributed by atoms with E-state index in [1.165, 1.54) is 0 Å². The van der Waals surface area contributed by atoms with Crippen LogP contribution in [0, 0.1) is 6.92 Å². The Morgan fingerprint density at radius 1 is 1.44 bits per heavy atom. The number of amides is 1. The van der Waals surface area contributed by atoms with Crippen molar-refractivity contribution < 1.29 is 4.79 Å². The SMILES string of the molecule is Cc1cc(Cl)cc(C(=O)N[C@@H]2CCCNC2)c1.Cl. The van der Waals surface area contributed by atoms with Gasteiger partial charge in [-0.25, -0.2) is 0 Å². The molecule has 0 unspecified atom stereocenters. The van der Waals surface area contributed by atoms with Crippen LogP contribution in [0.25, 0.3) is 0 Å². The molecule has 0 saturated carbocycles. The van der Waals surface area contributed by atoms with E-state index in [-0.39, 0.29) is 24.4 Å². The molecular formula is C13H18Cl2N2O. The molecule has 2 N–H and O–H groups in total. The highest BCUT2D eigenvalue weighted by Gasteiger charge is 2.16. The van der Waals surface area contributed by atoms with E-state index >= 15 is 0 Å². The van der Waals surface area contributed by atoms with Gasteiger partial charge in [0.25, 0.3) is 5.91 Å². The summed E-state index contributed by atoms with van der Waals surface area (Å²) in [5.74, 6) is -0.0377. The molecule has 2 rings (SSSR count). The van der Waals surface area contributed by atoms with Crippen LogP contribution in [0.1, 0.15) is 28.8 Å². The number of nitrogens with one attached hydrogen (secondary N) is 2. The van der Waals surface area contributed by atoms with Crippen LogP contribution in [0.3, 0.4) is 0 Å². The second kappa shape index (κ2) is 6.98. The van der Waals surface area contributed by atoms with E-state index in [4.69, 9.17) is 11.6 Å². The van der Waals surface area contributed by atoms with Crippen LogP contribution in [0.2, 0.25) is 5.02 Å². The predicted molar refractivity (Wildman–Crippen MR) is 76.8 cm³/mol. The topological polar surface area (TPSA) is 41.1 Å². The van der Waals surface area contributed by atoms with Gasteiger partial charge in [-0.1, -0.05) is 11.6 Å². The fraction of sp³-hybridized carbons (Fsp3) is 0.462. The first-order valence-electron chi connectivity index (χ1n) is 5.94. The van der Waals surface area contributed by atoms with E-state index < -0.39 is 0 Å². The molecule has 1 atom stereocenters. The molecule has 5 heteroatoms. The number of piperidine rings is 1. The minimum atomic E-state index is -0.0377. The average Bonchev–Trinajstić information content (AvgIpc) is 2.29. The van der Waals surface area contributed by atoms with Gasteiger partial charge in [0.2, 0.25) is 0 Å². The first kappa shape index (κ1) is 15.3. The van der Waals surface area contributed by atoms with Gasteiger partial charge in [0.1, 0.15) is 0 Å². The summed E-state index contributed by atoms with van der Waals surface area (Å²) >= 11 is 5.94. The summed E-state index contributed by atoms with van der Waals surface area (Å²) in [6.07, 6.45) is 2.15. The van der Waals surface area contributed by atoms with E-state index in [0.29, 0.717) is 10.6 Å². The van der Waals surface area contributed by atoms with Gasteiger partial charge < -0.3 is 10.6 Å². The van der Waals surface area contributed by atoms with E-state index in [0.717, 1.165) is 31.5 Å². The molecule has 0 bridgehead atoms. The molecule has 1 fully saturated rings. The van der Waals surface area contributed by atoms with Gasteiger partial charge in [-0.15, -0.1) is 12.4 Å². The Kier molecular flexibility index (Phi) is 5.93. The van der Waals surface area contributed by atoms with Crippen molar-refractivity contribution in [1.29, 1.82) is 0 Å². The molecule has 1 aromatic rings. The summed E-state index contributed by atoms with van der Waals surface area (Å²) in [6.45, 7) is 3.83. The second-order valence-electron chi connectivity index (χ2n) is 4.53. The highest BCUT2D eigenvalue weighted by atomic mass is 35.5. The van der Waals surface area contributed by atoms with Crippen LogP contribution in [0.4, 0.5) is 0 Å². The number of rotatable bonds is 2. The zero-order chi connectivity index (χ0) is 12.3. The Morgan fingerprint density at radius 2 is 2.22 bits per heavy atom. The number of carbonyl (C=O) groups is 1. The molecule has 1 aromatic carbocycles. The number of halogens is 2. The van der Waals surface area contributed by atoms with Crippen molar-refractivity contribution in [3.05, 3.63) is 34.3 Å². The van der Waals surface area contributed by atoms with Crippen molar-refractivity contribution in [3.63, 3.8) is 0 Å². The van der Waals surface area contributed by atoms with Gasteiger partial charge in [-0.2, -0.15) is 0 Å². The van der Waals surface area contributed by atoms with Gasteiger partial charge in [0, 0.05) is 23.2 Å². The maximum absolute atomic E-state index is 12.0. The first-order chi connectivity index (χ1) is 8.15. The summed E-state index contributed by atoms with van der Waals surface area (Å²) in [6, 6.07) is 5.65. The van der Waals surface area contributed by atoms with Crippen LogP contribution in [-0.2, 0) is 0 Å². The molecule has 0 aliphatic carbocycles. The minimum Gasteiger partial charge on any atom is -0.348 e. The second-order valence-corrected chi connectivity index (χ2v) is 4.97. The van der Waals surface area contributed by atoms with Crippen molar-refractivity contribution in [2.45, 2.75) is 25.8 Å². The monoisotopic (exact) mass is 288 g/mol. The number of hydrogen-bond donors (Lipinski definition) is 2. The summed E-state index contributed by atoms with van der Waals surface area (Å²) in [5, 5.41) is 6.91. The first-order valence-corrected chi connectivity index (χ1v) is 6.32. The molecule has 0 spiro atoms. The largest absolute Gasteiger partial charge is 0.348 e. The van der Waals surface area contributed by atoms with Crippen molar-refractivity contribution in [2.75, 3.05) is 13.1 Å². The highest BCUT2D eigenvalue weighted by molar-refractivity contribution is 6.31. The number of hydrogen-bond acceptors (Lipinski definition) is 2. The summed E-state index contributed by atoms with van der Waals surface area (Å²) < 4.78 is 0. The maximum atomic E-state index is 12.0. The third-order valence-electron chi connectivity index (χ3n) is 2.94. The molecule has 3 nitrogen and oxygen atoms in total. The van der Waals surface area contributed by atoms with Crippen molar-refractivity contribution in [2.24, 2.45) is 0 Å². The Morgan fingerprint density at radius 3 is 2.83 bits per heavy atom. The van der Waals surface area contributed by atoms with Gasteiger partial charge >= 0.3 is 0 Å². The quantitative estimate of drug-likeness (QED) is 0.878. The van der Waals surface area contributed by atoms with Crippen LogP contribution < -0.4 is 10.6 Å². The molecule has 1 saturated heterocycles. The smallest absolute Gasteiger partial charge is 0.251 e. The lowest BCUT2D eigenvalue weighted by Crippen LogP contribution is -2.45. The number of benzene rings is 1. The molecule has 0 aromatic heterocycles. The Balaban J connectivity index is 0.00000162. The summed E-state index contributed by atoms with van der Waals surface area (Å²) in [5.41, 5.74) is 1.64. The molecule has 1 heterocycles. The molecule has 0 radical (unpaired) electrons. The van der Waals surface area contributed by atoms with Gasteiger partial charge in [-0.05, 0) is 50.1 Å². The van der Waals surface area contributed by atoms with E-state index in [1.54, 1.807) is 6.07 Å². The lowest BCUT2D eigenvalue weighted by atomic mass is 10.1.